The number of esters is 1. The number of hydrogen-bond acceptors (Lipinski definition) is 4. The summed E-state index contributed by atoms with van der Waals surface area (Å²) in [5.74, 6) is 1.68. The van der Waals surface area contributed by atoms with Gasteiger partial charge in [0.1, 0.15) is 5.75 Å². The Hall–Kier alpha value is -2.20. The van der Waals surface area contributed by atoms with Gasteiger partial charge < -0.3 is 14.2 Å². The monoisotopic (exact) mass is 316 g/mol. The van der Waals surface area contributed by atoms with E-state index in [4.69, 9.17) is 25.8 Å². The second-order valence-electron chi connectivity index (χ2n) is 5.48. The molecule has 2 aromatic carbocycles. The summed E-state index contributed by atoms with van der Waals surface area (Å²) in [5, 5.41) is 0.669. The van der Waals surface area contributed by atoms with Crippen LogP contribution in [-0.2, 0) is 4.79 Å². The summed E-state index contributed by atoms with van der Waals surface area (Å²) in [4.78, 5) is 11.9. The molecule has 2 aliphatic heterocycles. The molecule has 2 heterocycles. The van der Waals surface area contributed by atoms with Crippen molar-refractivity contribution in [1.29, 1.82) is 0 Å². The van der Waals surface area contributed by atoms with Crippen LogP contribution in [0.1, 0.15) is 29.0 Å². The second-order valence-corrected chi connectivity index (χ2v) is 5.89. The normalized spacial score (nSPS) is 18.8. The van der Waals surface area contributed by atoms with E-state index in [1.54, 1.807) is 0 Å². The maximum Gasteiger partial charge on any atom is 0.312 e. The van der Waals surface area contributed by atoms with Crippen molar-refractivity contribution in [1.82, 2.24) is 0 Å². The highest BCUT2D eigenvalue weighted by Gasteiger charge is 2.30. The van der Waals surface area contributed by atoms with Gasteiger partial charge in [-0.2, -0.15) is 0 Å². The lowest BCUT2D eigenvalue weighted by Gasteiger charge is -2.25. The minimum atomic E-state index is -0.239. The molecule has 4 nitrogen and oxygen atoms in total. The van der Waals surface area contributed by atoms with E-state index in [1.165, 1.54) is 0 Å². The fourth-order valence-electron chi connectivity index (χ4n) is 2.90. The SMILES string of the molecule is Cc1cc2c(cc1Cl)[C@@H](c1ccc3c(c1)OCO3)CC(=O)O2. The van der Waals surface area contributed by atoms with Gasteiger partial charge in [-0.1, -0.05) is 17.7 Å². The van der Waals surface area contributed by atoms with E-state index in [1.807, 2.05) is 37.3 Å². The summed E-state index contributed by atoms with van der Waals surface area (Å²) in [6.45, 7) is 2.12. The van der Waals surface area contributed by atoms with E-state index in [0.717, 1.165) is 22.4 Å². The quantitative estimate of drug-likeness (QED) is 0.592. The maximum absolute atomic E-state index is 11.9. The zero-order valence-electron chi connectivity index (χ0n) is 11.9. The molecule has 0 radical (unpaired) electrons. The topological polar surface area (TPSA) is 44.8 Å². The van der Waals surface area contributed by atoms with Crippen molar-refractivity contribution in [3.63, 3.8) is 0 Å². The summed E-state index contributed by atoms with van der Waals surface area (Å²) in [5.41, 5.74) is 2.80. The van der Waals surface area contributed by atoms with Gasteiger partial charge in [0.2, 0.25) is 6.79 Å². The Kier molecular flexibility index (Phi) is 3.01. The first-order chi connectivity index (χ1) is 10.6. The molecule has 0 aromatic heterocycles. The Labute approximate surface area is 132 Å². The van der Waals surface area contributed by atoms with Gasteiger partial charge >= 0.3 is 5.97 Å². The average molecular weight is 317 g/mol. The van der Waals surface area contributed by atoms with Crippen LogP contribution < -0.4 is 14.2 Å². The van der Waals surface area contributed by atoms with E-state index in [9.17, 15) is 4.79 Å². The van der Waals surface area contributed by atoms with Crippen molar-refractivity contribution in [3.05, 3.63) is 52.0 Å². The third kappa shape index (κ3) is 2.11. The van der Waals surface area contributed by atoms with E-state index < -0.39 is 0 Å². The van der Waals surface area contributed by atoms with Crippen LogP contribution in [-0.4, -0.2) is 12.8 Å². The molecule has 0 fully saturated rings. The Morgan fingerprint density at radius 3 is 2.77 bits per heavy atom. The molecule has 0 bridgehead atoms. The first-order valence-corrected chi connectivity index (χ1v) is 7.40. The minimum absolute atomic E-state index is 0.0937. The number of carbonyl (C=O) groups excluding carboxylic acids is 1. The Balaban J connectivity index is 1.83. The summed E-state index contributed by atoms with van der Waals surface area (Å²) in [6.07, 6.45) is 0.284. The first-order valence-electron chi connectivity index (χ1n) is 7.02. The molecule has 0 N–H and O–H groups in total. The lowest BCUT2D eigenvalue weighted by molar-refractivity contribution is -0.135. The lowest BCUT2D eigenvalue weighted by atomic mass is 9.86. The van der Waals surface area contributed by atoms with Gasteiger partial charge in [0.25, 0.3) is 0 Å². The smallest absolute Gasteiger partial charge is 0.312 e. The molecule has 4 rings (SSSR count). The standard InChI is InChI=1S/C17H13ClO4/c1-9-4-15-12(6-13(9)18)11(7-17(19)22-15)10-2-3-14-16(5-10)21-8-20-14/h2-6,11H,7-8H2,1H3/t11-/m1/s1. The van der Waals surface area contributed by atoms with Gasteiger partial charge in [0, 0.05) is 16.5 Å². The van der Waals surface area contributed by atoms with Crippen LogP contribution in [0, 0.1) is 6.92 Å². The number of hydrogen-bond donors (Lipinski definition) is 0. The van der Waals surface area contributed by atoms with Crippen LogP contribution in [0.15, 0.2) is 30.3 Å². The van der Waals surface area contributed by atoms with Gasteiger partial charge in [-0.3, -0.25) is 4.79 Å². The van der Waals surface area contributed by atoms with Crippen LogP contribution in [0.2, 0.25) is 5.02 Å². The highest BCUT2D eigenvalue weighted by molar-refractivity contribution is 6.31. The highest BCUT2D eigenvalue weighted by atomic mass is 35.5. The largest absolute Gasteiger partial charge is 0.454 e. The molecule has 0 unspecified atom stereocenters. The molecule has 22 heavy (non-hydrogen) atoms. The Bertz CT molecular complexity index is 784. The maximum atomic E-state index is 11.9. The summed E-state index contributed by atoms with van der Waals surface area (Å²) in [7, 11) is 0. The van der Waals surface area contributed by atoms with Crippen LogP contribution in [0.5, 0.6) is 17.2 Å². The first kappa shape index (κ1) is 13.5. The average Bonchev–Trinajstić information content (AvgIpc) is 2.95. The van der Waals surface area contributed by atoms with Gasteiger partial charge in [-0.25, -0.2) is 0 Å². The molecule has 2 aliphatic rings. The lowest BCUT2D eigenvalue weighted by Crippen LogP contribution is -2.21. The van der Waals surface area contributed by atoms with Crippen LogP contribution in [0.3, 0.4) is 0 Å². The molecule has 0 aliphatic carbocycles. The van der Waals surface area contributed by atoms with Crippen molar-refractivity contribution in [2.24, 2.45) is 0 Å². The fraction of sp³-hybridized carbons (Fsp3) is 0.235. The number of halogens is 1. The summed E-state index contributed by atoms with van der Waals surface area (Å²) >= 11 is 6.24. The molecule has 112 valence electrons. The molecule has 0 spiro atoms. The third-order valence-corrected chi connectivity index (χ3v) is 4.47. The van der Waals surface area contributed by atoms with E-state index in [0.29, 0.717) is 16.5 Å². The van der Waals surface area contributed by atoms with Crippen molar-refractivity contribution in [3.8, 4) is 17.2 Å². The number of ether oxygens (including phenoxy) is 3. The van der Waals surface area contributed by atoms with Crippen LogP contribution in [0.4, 0.5) is 0 Å². The molecule has 0 amide bonds. The zero-order chi connectivity index (χ0) is 15.3. The predicted octanol–water partition coefficient (Wildman–Crippen LogP) is 3.82. The van der Waals surface area contributed by atoms with E-state index in [-0.39, 0.29) is 25.1 Å². The fourth-order valence-corrected chi connectivity index (χ4v) is 3.07. The van der Waals surface area contributed by atoms with Crippen molar-refractivity contribution >= 4 is 17.6 Å². The predicted molar refractivity (Wildman–Crippen MR) is 80.8 cm³/mol. The van der Waals surface area contributed by atoms with Crippen LogP contribution in [0.25, 0.3) is 0 Å². The molecule has 0 saturated carbocycles. The minimum Gasteiger partial charge on any atom is -0.454 e. The second kappa shape index (κ2) is 4.92. The zero-order valence-corrected chi connectivity index (χ0v) is 12.6. The molecule has 1 atom stereocenters. The number of benzene rings is 2. The Morgan fingerprint density at radius 2 is 1.91 bits per heavy atom. The van der Waals surface area contributed by atoms with Gasteiger partial charge in [-0.05, 0) is 42.3 Å². The van der Waals surface area contributed by atoms with Crippen molar-refractivity contribution < 1.29 is 19.0 Å². The third-order valence-electron chi connectivity index (χ3n) is 4.06. The number of rotatable bonds is 1. The van der Waals surface area contributed by atoms with Crippen molar-refractivity contribution in [2.75, 3.05) is 6.79 Å². The number of carbonyl (C=O) groups is 1. The van der Waals surface area contributed by atoms with Gasteiger partial charge in [0.15, 0.2) is 11.5 Å². The van der Waals surface area contributed by atoms with Gasteiger partial charge in [0.05, 0.1) is 6.42 Å². The number of aryl methyl sites for hydroxylation is 1. The molecular formula is C17H13ClO4. The van der Waals surface area contributed by atoms with Crippen molar-refractivity contribution in [2.45, 2.75) is 19.3 Å². The highest BCUT2D eigenvalue weighted by Crippen LogP contribution is 2.43. The van der Waals surface area contributed by atoms with E-state index in [2.05, 4.69) is 0 Å². The van der Waals surface area contributed by atoms with E-state index >= 15 is 0 Å². The molecule has 0 saturated heterocycles. The summed E-state index contributed by atoms with van der Waals surface area (Å²) in [6, 6.07) is 9.44. The van der Waals surface area contributed by atoms with Crippen LogP contribution >= 0.6 is 11.6 Å². The molecular weight excluding hydrogens is 304 g/mol. The van der Waals surface area contributed by atoms with Gasteiger partial charge in [-0.15, -0.1) is 0 Å². The molecule has 2 aromatic rings. The number of fused-ring (bicyclic) bond motifs is 2. The summed E-state index contributed by atoms with van der Waals surface area (Å²) < 4.78 is 16.1. The molecule has 5 heteroatoms. The Morgan fingerprint density at radius 1 is 1.09 bits per heavy atom.